The van der Waals surface area contributed by atoms with Gasteiger partial charge in [-0.25, -0.2) is 9.97 Å². The van der Waals surface area contributed by atoms with Gasteiger partial charge in [-0.2, -0.15) is 0 Å². The third-order valence-electron chi connectivity index (χ3n) is 4.25. The molecule has 2 aromatic heterocycles. The smallest absolute Gasteiger partial charge is 0.186 e. The Bertz CT molecular complexity index is 832. The summed E-state index contributed by atoms with van der Waals surface area (Å²) in [7, 11) is 0. The molecule has 0 amide bonds. The largest absolute Gasteiger partial charge is 0.347 e. The summed E-state index contributed by atoms with van der Waals surface area (Å²) in [6, 6.07) is 3.99. The molecule has 1 fully saturated rings. The molecule has 22 heavy (non-hydrogen) atoms. The summed E-state index contributed by atoms with van der Waals surface area (Å²) < 4.78 is 3.40. The number of thiazole rings is 1. The van der Waals surface area contributed by atoms with Gasteiger partial charge >= 0.3 is 0 Å². The van der Waals surface area contributed by atoms with Crippen LogP contribution in [0.2, 0.25) is 5.02 Å². The second-order valence-corrected chi connectivity index (χ2v) is 7.41. The number of fused-ring (bicyclic) bond motifs is 1. The zero-order valence-corrected chi connectivity index (χ0v) is 14.2. The first kappa shape index (κ1) is 14.0. The van der Waals surface area contributed by atoms with Crippen LogP contribution in [0.4, 0.5) is 5.13 Å². The van der Waals surface area contributed by atoms with Crippen molar-refractivity contribution < 1.29 is 0 Å². The summed E-state index contributed by atoms with van der Waals surface area (Å²) in [5.74, 6) is 1.76. The summed E-state index contributed by atoms with van der Waals surface area (Å²) in [6.07, 6.45) is 3.92. The Hall–Kier alpha value is -1.59. The second-order valence-electron chi connectivity index (χ2n) is 5.96. The van der Waals surface area contributed by atoms with E-state index in [0.717, 1.165) is 46.7 Å². The van der Waals surface area contributed by atoms with E-state index in [1.54, 1.807) is 11.3 Å². The first-order valence-corrected chi connectivity index (χ1v) is 8.59. The van der Waals surface area contributed by atoms with Crippen LogP contribution >= 0.6 is 22.9 Å². The van der Waals surface area contributed by atoms with Crippen molar-refractivity contribution in [3.63, 3.8) is 0 Å². The zero-order chi connectivity index (χ0) is 15.3. The van der Waals surface area contributed by atoms with Crippen molar-refractivity contribution in [3.8, 4) is 0 Å². The minimum atomic E-state index is 0.671. The van der Waals surface area contributed by atoms with Gasteiger partial charge < -0.3 is 9.47 Å². The number of aryl methyl sites for hydroxylation is 2. The van der Waals surface area contributed by atoms with Crippen molar-refractivity contribution >= 4 is 38.3 Å². The minimum Gasteiger partial charge on any atom is -0.347 e. The molecule has 0 atom stereocenters. The van der Waals surface area contributed by atoms with Gasteiger partial charge in [-0.05, 0) is 31.5 Å². The minimum absolute atomic E-state index is 0.671. The van der Waals surface area contributed by atoms with E-state index < -0.39 is 0 Å². The highest BCUT2D eigenvalue weighted by Crippen LogP contribution is 2.35. The van der Waals surface area contributed by atoms with E-state index in [1.807, 2.05) is 18.3 Å². The van der Waals surface area contributed by atoms with Crippen LogP contribution in [0.15, 0.2) is 24.5 Å². The maximum Gasteiger partial charge on any atom is 0.186 e. The first-order chi connectivity index (χ1) is 10.6. The number of anilines is 1. The first-order valence-electron chi connectivity index (χ1n) is 7.39. The van der Waals surface area contributed by atoms with Crippen molar-refractivity contribution in [2.24, 2.45) is 5.92 Å². The summed E-state index contributed by atoms with van der Waals surface area (Å²) in [5, 5.41) is 1.90. The van der Waals surface area contributed by atoms with Gasteiger partial charge in [0, 0.05) is 43.0 Å². The fraction of sp³-hybridized carbons (Fsp3) is 0.375. The lowest BCUT2D eigenvalue weighted by Crippen LogP contribution is -2.48. The van der Waals surface area contributed by atoms with E-state index in [2.05, 4.69) is 34.5 Å². The van der Waals surface area contributed by atoms with Gasteiger partial charge in [0.25, 0.3) is 0 Å². The van der Waals surface area contributed by atoms with Crippen molar-refractivity contribution in [1.82, 2.24) is 14.5 Å². The average molecular weight is 333 g/mol. The molecule has 0 unspecified atom stereocenters. The molecule has 0 radical (unpaired) electrons. The maximum absolute atomic E-state index is 6.13. The molecule has 1 aliphatic rings. The van der Waals surface area contributed by atoms with E-state index in [4.69, 9.17) is 16.6 Å². The fourth-order valence-electron chi connectivity index (χ4n) is 2.99. The van der Waals surface area contributed by atoms with E-state index >= 15 is 0 Å². The quantitative estimate of drug-likeness (QED) is 0.729. The Balaban J connectivity index is 1.49. The van der Waals surface area contributed by atoms with Gasteiger partial charge in [0.15, 0.2) is 5.13 Å². The highest BCUT2D eigenvalue weighted by atomic mass is 35.5. The number of hydrogen-bond acceptors (Lipinski definition) is 4. The Labute approximate surface area is 138 Å². The highest BCUT2D eigenvalue weighted by molar-refractivity contribution is 7.22. The Morgan fingerprint density at radius 3 is 2.86 bits per heavy atom. The number of aromatic nitrogens is 3. The van der Waals surface area contributed by atoms with E-state index in [0.29, 0.717) is 5.92 Å². The third kappa shape index (κ3) is 2.38. The Kier molecular flexibility index (Phi) is 3.35. The number of nitrogens with zero attached hydrogens (tertiary/aromatic N) is 4. The summed E-state index contributed by atoms with van der Waals surface area (Å²) in [6.45, 7) is 7.28. The molecule has 0 N–H and O–H groups in total. The van der Waals surface area contributed by atoms with Crippen LogP contribution in [0.1, 0.15) is 11.4 Å². The van der Waals surface area contributed by atoms with Gasteiger partial charge in [0.05, 0.1) is 10.2 Å². The third-order valence-corrected chi connectivity index (χ3v) is 5.53. The zero-order valence-electron chi connectivity index (χ0n) is 12.6. The highest BCUT2D eigenvalue weighted by Gasteiger charge is 2.29. The second kappa shape index (κ2) is 5.25. The van der Waals surface area contributed by atoms with Crippen LogP contribution in [-0.4, -0.2) is 27.6 Å². The molecule has 0 aliphatic carbocycles. The van der Waals surface area contributed by atoms with Crippen molar-refractivity contribution in [3.05, 3.63) is 40.9 Å². The van der Waals surface area contributed by atoms with Crippen LogP contribution in [0.25, 0.3) is 10.2 Å². The number of halogens is 1. The summed E-state index contributed by atoms with van der Waals surface area (Å²) in [5.41, 5.74) is 2.23. The van der Waals surface area contributed by atoms with Crippen molar-refractivity contribution in [2.75, 3.05) is 18.0 Å². The normalized spacial score (nSPS) is 15.5. The molecule has 0 bridgehead atoms. The predicted octanol–water partition coefficient (Wildman–Crippen LogP) is 3.90. The SMILES string of the molecule is Cc1cc(Cl)cc2sc(N3CC(Cn4ccnc4C)C3)nc12. The molecule has 6 heteroatoms. The standard InChI is InChI=1S/C16H17ClN4S/c1-10-5-13(17)6-14-15(10)19-16(22-14)21-8-12(9-21)7-20-4-3-18-11(20)2/h3-6,12H,7-9H2,1-2H3. The predicted molar refractivity (Wildman–Crippen MR) is 92.0 cm³/mol. The molecule has 1 aliphatic heterocycles. The van der Waals surface area contributed by atoms with Crippen molar-refractivity contribution in [1.29, 1.82) is 0 Å². The fourth-order valence-corrected chi connectivity index (χ4v) is 4.43. The molecule has 114 valence electrons. The van der Waals surface area contributed by atoms with Crippen LogP contribution in [0.3, 0.4) is 0 Å². The van der Waals surface area contributed by atoms with Crippen LogP contribution in [0, 0.1) is 19.8 Å². The monoisotopic (exact) mass is 332 g/mol. The van der Waals surface area contributed by atoms with Gasteiger partial charge in [-0.15, -0.1) is 0 Å². The van der Waals surface area contributed by atoms with Gasteiger partial charge in [-0.3, -0.25) is 0 Å². The molecule has 4 rings (SSSR count). The lowest BCUT2D eigenvalue weighted by atomic mass is 10.0. The van der Waals surface area contributed by atoms with E-state index in [-0.39, 0.29) is 0 Å². The molecular weight excluding hydrogens is 316 g/mol. The van der Waals surface area contributed by atoms with Crippen LogP contribution in [-0.2, 0) is 6.54 Å². The molecule has 1 saturated heterocycles. The van der Waals surface area contributed by atoms with Gasteiger partial charge in [0.2, 0.25) is 0 Å². The summed E-state index contributed by atoms with van der Waals surface area (Å²) >= 11 is 7.87. The van der Waals surface area contributed by atoms with Gasteiger partial charge in [-0.1, -0.05) is 22.9 Å². The van der Waals surface area contributed by atoms with Crippen LogP contribution in [0.5, 0.6) is 0 Å². The molecule has 0 spiro atoms. The molecule has 3 heterocycles. The van der Waals surface area contributed by atoms with E-state index in [9.17, 15) is 0 Å². The number of rotatable bonds is 3. The van der Waals surface area contributed by atoms with Crippen molar-refractivity contribution in [2.45, 2.75) is 20.4 Å². The molecule has 0 saturated carbocycles. The van der Waals surface area contributed by atoms with Gasteiger partial charge in [0.1, 0.15) is 5.82 Å². The summed E-state index contributed by atoms with van der Waals surface area (Å²) in [4.78, 5) is 11.4. The topological polar surface area (TPSA) is 34.0 Å². The molecule has 1 aromatic carbocycles. The number of imidazole rings is 1. The maximum atomic E-state index is 6.13. The Morgan fingerprint density at radius 2 is 2.14 bits per heavy atom. The van der Waals surface area contributed by atoms with E-state index in [1.165, 1.54) is 4.70 Å². The lowest BCUT2D eigenvalue weighted by Gasteiger charge is -2.39. The number of benzene rings is 1. The lowest BCUT2D eigenvalue weighted by molar-refractivity contribution is 0.354. The molecule has 3 aromatic rings. The number of hydrogen-bond donors (Lipinski definition) is 0. The van der Waals surface area contributed by atoms with Crippen LogP contribution < -0.4 is 4.90 Å². The Morgan fingerprint density at radius 1 is 1.32 bits per heavy atom. The average Bonchev–Trinajstić information content (AvgIpc) is 3.00. The molecule has 4 nitrogen and oxygen atoms in total. The molecular formula is C16H17ClN4S.